The lowest BCUT2D eigenvalue weighted by atomic mass is 9.98. The second kappa shape index (κ2) is 6.97. The van der Waals surface area contributed by atoms with Crippen LogP contribution in [0.5, 0.6) is 0 Å². The second-order valence-electron chi connectivity index (χ2n) is 6.39. The summed E-state index contributed by atoms with van der Waals surface area (Å²) in [6, 6.07) is 15.7. The van der Waals surface area contributed by atoms with Crippen molar-refractivity contribution in [2.45, 2.75) is 25.8 Å². The van der Waals surface area contributed by atoms with Crippen LogP contribution < -0.4 is 5.32 Å². The molecule has 1 amide bonds. The highest BCUT2D eigenvalue weighted by molar-refractivity contribution is 5.79. The first-order valence-electron chi connectivity index (χ1n) is 8.33. The predicted octanol–water partition coefficient (Wildman–Crippen LogP) is 3.63. The minimum absolute atomic E-state index is 0.00893. The van der Waals surface area contributed by atoms with Crippen molar-refractivity contribution in [1.29, 1.82) is 0 Å². The van der Waals surface area contributed by atoms with E-state index in [1.165, 1.54) is 11.1 Å². The summed E-state index contributed by atoms with van der Waals surface area (Å²) in [5, 5.41) is 11.6. The van der Waals surface area contributed by atoms with Crippen molar-refractivity contribution < 1.29 is 19.4 Å². The van der Waals surface area contributed by atoms with E-state index in [-0.39, 0.29) is 12.5 Å². The molecule has 2 atom stereocenters. The van der Waals surface area contributed by atoms with Gasteiger partial charge in [0.2, 0.25) is 0 Å². The van der Waals surface area contributed by atoms with Gasteiger partial charge in [0.15, 0.2) is 0 Å². The number of carbonyl (C=O) groups is 2. The molecular weight excluding hydrogens is 318 g/mol. The van der Waals surface area contributed by atoms with Crippen LogP contribution in [-0.2, 0) is 9.53 Å². The Bertz CT molecular complexity index is 756. The number of carboxylic acid groups (broad SMARTS) is 1. The van der Waals surface area contributed by atoms with Crippen LogP contribution in [0.3, 0.4) is 0 Å². The van der Waals surface area contributed by atoms with Crippen molar-refractivity contribution in [3.8, 4) is 11.1 Å². The zero-order valence-corrected chi connectivity index (χ0v) is 14.2. The molecule has 0 spiro atoms. The Balaban J connectivity index is 1.69. The Morgan fingerprint density at radius 1 is 1.04 bits per heavy atom. The van der Waals surface area contributed by atoms with Crippen LogP contribution in [-0.4, -0.2) is 29.8 Å². The lowest BCUT2D eigenvalue weighted by molar-refractivity contribution is -0.141. The zero-order chi connectivity index (χ0) is 18.0. The predicted molar refractivity (Wildman–Crippen MR) is 94.5 cm³/mol. The first-order chi connectivity index (χ1) is 12.0. The van der Waals surface area contributed by atoms with E-state index in [2.05, 4.69) is 29.6 Å². The van der Waals surface area contributed by atoms with Crippen LogP contribution in [0.4, 0.5) is 4.79 Å². The third-order valence-electron chi connectivity index (χ3n) is 4.83. The van der Waals surface area contributed by atoms with Crippen molar-refractivity contribution in [3.05, 3.63) is 59.7 Å². The number of alkyl carbamates (subject to hydrolysis) is 1. The summed E-state index contributed by atoms with van der Waals surface area (Å²) in [5.74, 6) is -1.64. The van der Waals surface area contributed by atoms with Crippen molar-refractivity contribution >= 4 is 12.1 Å². The molecular formula is C20H21NO4. The van der Waals surface area contributed by atoms with E-state index in [4.69, 9.17) is 9.84 Å². The number of benzene rings is 2. The van der Waals surface area contributed by atoms with E-state index in [1.807, 2.05) is 24.3 Å². The number of fused-ring (bicyclic) bond motifs is 3. The Labute approximate surface area is 146 Å². The van der Waals surface area contributed by atoms with Crippen LogP contribution in [0.2, 0.25) is 0 Å². The van der Waals surface area contributed by atoms with Crippen molar-refractivity contribution in [3.63, 3.8) is 0 Å². The molecule has 2 N–H and O–H groups in total. The number of carboxylic acids is 1. The summed E-state index contributed by atoms with van der Waals surface area (Å²) in [6.45, 7) is 3.42. The number of nitrogens with one attached hydrogen (secondary N) is 1. The van der Waals surface area contributed by atoms with Gasteiger partial charge < -0.3 is 15.2 Å². The smallest absolute Gasteiger partial charge is 0.407 e. The highest BCUT2D eigenvalue weighted by atomic mass is 16.5. The maximum Gasteiger partial charge on any atom is 0.407 e. The van der Waals surface area contributed by atoms with Gasteiger partial charge in [0.05, 0.1) is 5.92 Å². The Hall–Kier alpha value is -2.82. The van der Waals surface area contributed by atoms with E-state index in [0.717, 1.165) is 11.1 Å². The van der Waals surface area contributed by atoms with Gasteiger partial charge in [-0.1, -0.05) is 48.5 Å². The van der Waals surface area contributed by atoms with Gasteiger partial charge in [-0.25, -0.2) is 4.79 Å². The van der Waals surface area contributed by atoms with Crippen LogP contribution in [0.15, 0.2) is 48.5 Å². The van der Waals surface area contributed by atoms with E-state index in [1.54, 1.807) is 13.8 Å². The first-order valence-corrected chi connectivity index (χ1v) is 8.33. The van der Waals surface area contributed by atoms with Crippen molar-refractivity contribution in [1.82, 2.24) is 5.32 Å². The number of carbonyl (C=O) groups excluding carboxylic acids is 1. The second-order valence-corrected chi connectivity index (χ2v) is 6.39. The molecule has 130 valence electrons. The zero-order valence-electron chi connectivity index (χ0n) is 14.2. The fraction of sp³-hybridized carbons (Fsp3) is 0.300. The van der Waals surface area contributed by atoms with E-state index < -0.39 is 24.0 Å². The standard InChI is InChI=1S/C20H21NO4/c1-12(19(22)23)13(2)21-20(24)25-11-18-16-9-5-3-7-14(16)15-8-4-6-10-17(15)18/h3-10,12-13,18H,11H2,1-2H3,(H,21,24)(H,22,23). The van der Waals surface area contributed by atoms with Gasteiger partial charge in [0.25, 0.3) is 0 Å². The van der Waals surface area contributed by atoms with Crippen LogP contribution in [0, 0.1) is 5.92 Å². The average Bonchev–Trinajstić information content (AvgIpc) is 2.93. The number of rotatable bonds is 5. The van der Waals surface area contributed by atoms with Gasteiger partial charge in [0, 0.05) is 12.0 Å². The summed E-state index contributed by atoms with van der Waals surface area (Å²) >= 11 is 0. The molecule has 0 aromatic heterocycles. The lowest BCUT2D eigenvalue weighted by Crippen LogP contribution is -2.40. The monoisotopic (exact) mass is 339 g/mol. The summed E-state index contributed by atoms with van der Waals surface area (Å²) in [5.41, 5.74) is 4.62. The summed E-state index contributed by atoms with van der Waals surface area (Å²) < 4.78 is 5.40. The molecule has 0 aliphatic heterocycles. The number of hydrogen-bond acceptors (Lipinski definition) is 3. The molecule has 1 aliphatic rings. The first kappa shape index (κ1) is 17.0. The lowest BCUT2D eigenvalue weighted by Gasteiger charge is -2.19. The molecule has 0 fully saturated rings. The van der Waals surface area contributed by atoms with Crippen LogP contribution in [0.1, 0.15) is 30.9 Å². The number of ether oxygens (including phenoxy) is 1. The van der Waals surface area contributed by atoms with Gasteiger partial charge in [-0.2, -0.15) is 0 Å². The molecule has 2 aromatic carbocycles. The molecule has 3 rings (SSSR count). The summed E-state index contributed by atoms with van der Waals surface area (Å²) in [6.07, 6.45) is -0.595. The van der Waals surface area contributed by atoms with E-state index in [0.29, 0.717) is 0 Å². The van der Waals surface area contributed by atoms with Crippen LogP contribution >= 0.6 is 0 Å². The SMILES string of the molecule is CC(NC(=O)OCC1c2ccccc2-c2ccccc21)C(C)C(=O)O. The van der Waals surface area contributed by atoms with E-state index >= 15 is 0 Å². The fourth-order valence-electron chi connectivity index (χ4n) is 3.16. The van der Waals surface area contributed by atoms with Gasteiger partial charge in [-0.15, -0.1) is 0 Å². The molecule has 0 heterocycles. The normalized spacial score (nSPS) is 15.0. The molecule has 0 saturated heterocycles. The molecule has 2 unspecified atom stereocenters. The van der Waals surface area contributed by atoms with Crippen molar-refractivity contribution in [2.24, 2.45) is 5.92 Å². The average molecular weight is 339 g/mol. The maximum atomic E-state index is 12.0. The molecule has 0 bridgehead atoms. The highest BCUT2D eigenvalue weighted by Gasteiger charge is 2.29. The molecule has 2 aromatic rings. The van der Waals surface area contributed by atoms with E-state index in [9.17, 15) is 9.59 Å². The van der Waals surface area contributed by atoms with Crippen molar-refractivity contribution in [2.75, 3.05) is 6.61 Å². The van der Waals surface area contributed by atoms with Gasteiger partial charge in [0.1, 0.15) is 6.61 Å². The Morgan fingerprint density at radius 3 is 2.08 bits per heavy atom. The maximum absolute atomic E-state index is 12.0. The molecule has 1 aliphatic carbocycles. The molecule has 5 heteroatoms. The van der Waals surface area contributed by atoms with Gasteiger partial charge >= 0.3 is 12.1 Å². The Kier molecular flexibility index (Phi) is 4.74. The Morgan fingerprint density at radius 2 is 1.56 bits per heavy atom. The number of hydrogen-bond donors (Lipinski definition) is 2. The topological polar surface area (TPSA) is 75.6 Å². The minimum Gasteiger partial charge on any atom is -0.481 e. The fourth-order valence-corrected chi connectivity index (χ4v) is 3.16. The largest absolute Gasteiger partial charge is 0.481 e. The minimum atomic E-state index is -0.952. The molecule has 25 heavy (non-hydrogen) atoms. The quantitative estimate of drug-likeness (QED) is 0.872. The summed E-state index contributed by atoms with van der Waals surface area (Å²) in [4.78, 5) is 23.0. The summed E-state index contributed by atoms with van der Waals surface area (Å²) in [7, 11) is 0. The van der Waals surface area contributed by atoms with Gasteiger partial charge in [-0.05, 0) is 36.1 Å². The number of aliphatic carboxylic acids is 1. The molecule has 0 saturated carbocycles. The van der Waals surface area contributed by atoms with Crippen LogP contribution in [0.25, 0.3) is 11.1 Å². The van der Waals surface area contributed by atoms with Gasteiger partial charge in [-0.3, -0.25) is 4.79 Å². The third kappa shape index (κ3) is 3.36. The molecule has 5 nitrogen and oxygen atoms in total. The third-order valence-corrected chi connectivity index (χ3v) is 4.83. The number of amides is 1. The highest BCUT2D eigenvalue weighted by Crippen LogP contribution is 2.44. The molecule has 0 radical (unpaired) electrons.